The highest BCUT2D eigenvalue weighted by Gasteiger charge is 2.41. The summed E-state index contributed by atoms with van der Waals surface area (Å²) in [5, 5.41) is 27.7. The minimum atomic E-state index is -1.08. The van der Waals surface area contributed by atoms with Gasteiger partial charge in [0.05, 0.1) is 0 Å². The molecule has 18 heteroatoms. The van der Waals surface area contributed by atoms with E-state index in [2.05, 4.69) is 21.3 Å². The highest BCUT2D eigenvalue weighted by molar-refractivity contribution is 6.02. The summed E-state index contributed by atoms with van der Waals surface area (Å²) in [6.07, 6.45) is 28.8. The normalized spacial score (nSPS) is 19.5. The van der Waals surface area contributed by atoms with Crippen molar-refractivity contribution < 1.29 is 58.0 Å². The van der Waals surface area contributed by atoms with Crippen molar-refractivity contribution in [2.45, 2.75) is 145 Å². The summed E-state index contributed by atoms with van der Waals surface area (Å²) in [4.78, 5) is 97.5. The van der Waals surface area contributed by atoms with Gasteiger partial charge in [0.2, 0.25) is 0 Å². The Morgan fingerprint density at radius 1 is 0.553 bits per heavy atom. The number of aliphatic carboxylic acids is 2. The molecular formula is C58H82N6O12. The standard InChI is InChI=1S/C58H82N6O12/c1-37(21-17-23-39(3)27-29-43-41(5)51(67)47(33-57(43,7)8)75-49(65)35-63-55(73)61-31-15-13-25-45(59)53(69)70)19-11-12-20-38(2)22-18-24-40(4)28-30-44-42(6)52(68)48(34-58(44,9)10)76-50(66)36-64-56(74)62-32-16-14-26-46(60)54(71)72/h11-12,17-24,27-30,45-48H,13-16,25-26,31-36,59-60H2,1-10H3,(H,69,70)(H,71,72)(H2,61,63,73)(H2,62,64,74). The molecule has 2 aliphatic carbocycles. The molecule has 0 saturated carbocycles. The van der Waals surface area contributed by atoms with Crippen LogP contribution in [0.3, 0.4) is 0 Å². The molecule has 76 heavy (non-hydrogen) atoms. The fourth-order valence-corrected chi connectivity index (χ4v) is 8.22. The number of carbonyl (C=O) groups excluding carboxylic acids is 6. The van der Waals surface area contributed by atoms with E-state index < -0.39 is 84.2 Å². The summed E-state index contributed by atoms with van der Waals surface area (Å²) < 4.78 is 11.0. The highest BCUT2D eigenvalue weighted by Crippen LogP contribution is 2.42. The smallest absolute Gasteiger partial charge is 0.326 e. The first-order chi connectivity index (χ1) is 35.6. The lowest BCUT2D eigenvalue weighted by Crippen LogP contribution is -2.43. The zero-order valence-electron chi connectivity index (χ0n) is 46.0. The third kappa shape index (κ3) is 24.0. The molecule has 4 atom stereocenters. The van der Waals surface area contributed by atoms with E-state index in [9.17, 15) is 38.4 Å². The molecule has 0 aromatic rings. The number of ether oxygens (including phenoxy) is 2. The Kier molecular flexibility index (Phi) is 27.6. The molecule has 0 aromatic heterocycles. The number of unbranched alkanes of at least 4 members (excludes halogenated alkanes) is 2. The molecule has 0 heterocycles. The molecule has 0 aromatic carbocycles. The number of hydrogen-bond donors (Lipinski definition) is 8. The van der Waals surface area contributed by atoms with E-state index in [1.54, 1.807) is 13.8 Å². The number of carbonyl (C=O) groups is 8. The maximum Gasteiger partial charge on any atom is 0.326 e. The van der Waals surface area contributed by atoms with Gasteiger partial charge in [0, 0.05) is 25.9 Å². The number of nitrogens with one attached hydrogen (secondary N) is 4. The van der Waals surface area contributed by atoms with Gasteiger partial charge in [0.15, 0.2) is 23.8 Å². The Hall–Kier alpha value is -7.18. The van der Waals surface area contributed by atoms with Crippen molar-refractivity contribution in [3.8, 4) is 0 Å². The zero-order valence-corrected chi connectivity index (χ0v) is 46.0. The number of carboxylic acids is 2. The Balaban J connectivity index is 1.87. The van der Waals surface area contributed by atoms with Crippen LogP contribution in [0, 0.1) is 10.8 Å². The van der Waals surface area contributed by atoms with Crippen molar-refractivity contribution in [1.29, 1.82) is 0 Å². The first-order valence-corrected chi connectivity index (χ1v) is 25.6. The van der Waals surface area contributed by atoms with Crippen LogP contribution >= 0.6 is 0 Å². The minimum Gasteiger partial charge on any atom is -0.480 e. The second kappa shape index (κ2) is 32.3. The predicted octanol–water partition coefficient (Wildman–Crippen LogP) is 7.77. The molecule has 0 bridgehead atoms. The van der Waals surface area contributed by atoms with Gasteiger partial charge in [0.1, 0.15) is 25.2 Å². The van der Waals surface area contributed by atoms with Gasteiger partial charge in [-0.05, 0) is 113 Å². The molecule has 10 N–H and O–H groups in total. The van der Waals surface area contributed by atoms with Gasteiger partial charge in [-0.2, -0.15) is 0 Å². The lowest BCUT2D eigenvalue weighted by atomic mass is 9.71. The number of allylic oxidation sites excluding steroid dienone is 20. The largest absolute Gasteiger partial charge is 0.480 e. The van der Waals surface area contributed by atoms with Gasteiger partial charge in [-0.15, -0.1) is 0 Å². The van der Waals surface area contributed by atoms with Crippen LogP contribution in [-0.4, -0.2) is 108 Å². The molecule has 4 amide bonds. The van der Waals surface area contributed by atoms with Crippen LogP contribution in [0.1, 0.15) is 121 Å². The number of rotatable bonds is 28. The molecule has 0 saturated heterocycles. The Labute approximate surface area is 448 Å². The lowest BCUT2D eigenvalue weighted by Gasteiger charge is -2.36. The Morgan fingerprint density at radius 2 is 0.882 bits per heavy atom. The summed E-state index contributed by atoms with van der Waals surface area (Å²) in [5.74, 6) is -4.19. The SMILES string of the molecule is CC(C=CC=C(C)C=CC1=C(C)C(=O)C(OC(=O)CNC(=O)NCCCCC(N)C(=O)O)CC1(C)C)=CC=CC=C(C)C=CC=C(C)C=CC1=C(C)C(=O)C(OC(=O)CNC(=O)NCCCCC(N)C(=O)O)CC1(C)C. The van der Waals surface area contributed by atoms with E-state index in [1.165, 1.54) is 0 Å². The van der Waals surface area contributed by atoms with Crippen molar-refractivity contribution in [1.82, 2.24) is 21.3 Å². The van der Waals surface area contributed by atoms with Crippen LogP contribution in [0.2, 0.25) is 0 Å². The number of ketones is 2. The third-order valence-electron chi connectivity index (χ3n) is 12.7. The van der Waals surface area contributed by atoms with E-state index in [-0.39, 0.29) is 50.3 Å². The van der Waals surface area contributed by atoms with E-state index in [1.807, 2.05) is 140 Å². The second-order valence-electron chi connectivity index (χ2n) is 20.5. The maximum absolute atomic E-state index is 13.3. The quantitative estimate of drug-likeness (QED) is 0.0211. The Bertz CT molecular complexity index is 2310. The molecular weight excluding hydrogens is 973 g/mol. The van der Waals surface area contributed by atoms with E-state index in [4.69, 9.17) is 31.2 Å². The van der Waals surface area contributed by atoms with Crippen molar-refractivity contribution in [3.63, 3.8) is 0 Å². The van der Waals surface area contributed by atoms with Gasteiger partial charge in [-0.3, -0.25) is 28.8 Å². The third-order valence-corrected chi connectivity index (χ3v) is 12.7. The van der Waals surface area contributed by atoms with E-state index in [0.717, 1.165) is 33.4 Å². The summed E-state index contributed by atoms with van der Waals surface area (Å²) in [6.45, 7) is 19.0. The number of carboxylic acid groups (broad SMARTS) is 2. The first kappa shape index (κ1) is 64.9. The molecule has 416 valence electrons. The number of urea groups is 2. The maximum atomic E-state index is 13.3. The average molecular weight is 1060 g/mol. The number of amides is 4. The fraction of sp³-hybridized carbons (Fsp3) is 0.483. The molecule has 4 unspecified atom stereocenters. The molecule has 2 aliphatic rings. The van der Waals surface area contributed by atoms with Crippen LogP contribution in [-0.2, 0) is 38.2 Å². The molecule has 0 radical (unpaired) electrons. The van der Waals surface area contributed by atoms with Crippen molar-refractivity contribution in [2.24, 2.45) is 22.3 Å². The molecule has 0 spiro atoms. The number of esters is 2. The van der Waals surface area contributed by atoms with Crippen molar-refractivity contribution >= 4 is 47.5 Å². The van der Waals surface area contributed by atoms with E-state index in [0.29, 0.717) is 36.8 Å². The molecule has 0 fully saturated rings. The topological polar surface area (TPSA) is 296 Å². The number of Topliss-reactive ketones (excluding diaryl/α,β-unsaturated/α-hetero) is 2. The summed E-state index contributed by atoms with van der Waals surface area (Å²) in [5.41, 5.74) is 16.7. The molecule has 2 rings (SSSR count). The van der Waals surface area contributed by atoms with Crippen molar-refractivity contribution in [2.75, 3.05) is 26.2 Å². The zero-order chi connectivity index (χ0) is 57.2. The average Bonchev–Trinajstić information content (AvgIpc) is 3.33. The van der Waals surface area contributed by atoms with Crippen LogP contribution in [0.4, 0.5) is 9.59 Å². The van der Waals surface area contributed by atoms with Crippen molar-refractivity contribution in [3.05, 3.63) is 130 Å². The molecule has 18 nitrogen and oxygen atoms in total. The van der Waals surface area contributed by atoms with Crippen LogP contribution in [0.15, 0.2) is 130 Å². The van der Waals surface area contributed by atoms with Crippen LogP contribution in [0.5, 0.6) is 0 Å². The molecule has 0 aliphatic heterocycles. The first-order valence-electron chi connectivity index (χ1n) is 25.6. The van der Waals surface area contributed by atoms with Gasteiger partial charge in [-0.1, -0.05) is 135 Å². The summed E-state index contributed by atoms with van der Waals surface area (Å²) >= 11 is 0. The monoisotopic (exact) mass is 1050 g/mol. The van der Waals surface area contributed by atoms with Gasteiger partial charge in [-0.25, -0.2) is 9.59 Å². The number of hydrogen-bond acceptors (Lipinski definition) is 12. The van der Waals surface area contributed by atoms with E-state index >= 15 is 0 Å². The van der Waals surface area contributed by atoms with Gasteiger partial charge >= 0.3 is 35.9 Å². The highest BCUT2D eigenvalue weighted by atomic mass is 16.6. The van der Waals surface area contributed by atoms with Gasteiger partial charge in [0.25, 0.3) is 0 Å². The Morgan fingerprint density at radius 3 is 1.22 bits per heavy atom. The minimum absolute atomic E-state index is 0.277. The predicted molar refractivity (Wildman–Crippen MR) is 294 cm³/mol. The lowest BCUT2D eigenvalue weighted by molar-refractivity contribution is -0.155. The summed E-state index contributed by atoms with van der Waals surface area (Å²) in [6, 6.07) is -3.06. The summed E-state index contributed by atoms with van der Waals surface area (Å²) in [7, 11) is 0. The fourth-order valence-electron chi connectivity index (χ4n) is 8.22. The van der Waals surface area contributed by atoms with Gasteiger partial charge < -0.3 is 52.4 Å². The number of nitrogens with two attached hydrogens (primary N) is 2. The second-order valence-corrected chi connectivity index (χ2v) is 20.5. The van der Waals surface area contributed by atoms with Crippen LogP contribution < -0.4 is 32.7 Å². The van der Waals surface area contributed by atoms with Crippen LogP contribution in [0.25, 0.3) is 0 Å².